The third-order valence-electron chi connectivity index (χ3n) is 5.26. The Kier molecular flexibility index (Phi) is 6.48. The van der Waals surface area contributed by atoms with E-state index < -0.39 is 5.97 Å². The van der Waals surface area contributed by atoms with Crippen LogP contribution < -0.4 is 9.47 Å². The maximum Gasteiger partial charge on any atom is 0.307 e. The van der Waals surface area contributed by atoms with Gasteiger partial charge in [-0.15, -0.1) is 23.7 Å². The standard InChI is InChI=1S/C26H22N2O4S/c1-4-5-21-18(14-22(29)30)15-27-24(21)26-28-23(16-6-10-19(31-2)11-7-16)25(33-26)17-8-12-20(32-3)13-9-17/h1,6-13,15,27H,5,14H2,2-3H3,(H,29,30). The molecule has 0 saturated carbocycles. The van der Waals surface area contributed by atoms with Crippen LogP contribution in [0.25, 0.3) is 32.4 Å². The van der Waals surface area contributed by atoms with E-state index in [9.17, 15) is 9.90 Å². The lowest BCUT2D eigenvalue weighted by molar-refractivity contribution is -0.136. The Morgan fingerprint density at radius 2 is 1.67 bits per heavy atom. The van der Waals surface area contributed by atoms with Crippen molar-refractivity contribution >= 4 is 17.3 Å². The van der Waals surface area contributed by atoms with Crippen molar-refractivity contribution in [3.8, 4) is 56.2 Å². The Morgan fingerprint density at radius 1 is 1.06 bits per heavy atom. The summed E-state index contributed by atoms with van der Waals surface area (Å²) in [5.74, 6) is 3.27. The van der Waals surface area contributed by atoms with Gasteiger partial charge in [0.25, 0.3) is 0 Å². The van der Waals surface area contributed by atoms with Gasteiger partial charge < -0.3 is 19.6 Å². The van der Waals surface area contributed by atoms with E-state index in [-0.39, 0.29) is 6.42 Å². The predicted molar refractivity (Wildman–Crippen MR) is 130 cm³/mol. The van der Waals surface area contributed by atoms with Gasteiger partial charge in [0.05, 0.1) is 36.9 Å². The van der Waals surface area contributed by atoms with Gasteiger partial charge >= 0.3 is 5.97 Å². The first-order valence-corrected chi connectivity index (χ1v) is 11.0. The molecular weight excluding hydrogens is 436 g/mol. The normalized spacial score (nSPS) is 10.6. The molecule has 7 heteroatoms. The highest BCUT2D eigenvalue weighted by atomic mass is 32.1. The van der Waals surface area contributed by atoms with Gasteiger partial charge in [-0.2, -0.15) is 0 Å². The molecule has 33 heavy (non-hydrogen) atoms. The second kappa shape index (κ2) is 9.63. The van der Waals surface area contributed by atoms with E-state index in [2.05, 4.69) is 10.9 Å². The van der Waals surface area contributed by atoms with Gasteiger partial charge in [0.15, 0.2) is 0 Å². The fourth-order valence-corrected chi connectivity index (χ4v) is 4.75. The number of aliphatic carboxylic acids is 1. The van der Waals surface area contributed by atoms with Crippen LogP contribution in [0.5, 0.6) is 11.5 Å². The second-order valence-corrected chi connectivity index (χ2v) is 8.27. The number of carboxylic acid groups (broad SMARTS) is 1. The van der Waals surface area contributed by atoms with Crippen LogP contribution in [0.3, 0.4) is 0 Å². The van der Waals surface area contributed by atoms with Crippen molar-refractivity contribution in [1.82, 2.24) is 9.97 Å². The number of nitrogens with zero attached hydrogens (tertiary/aromatic N) is 1. The SMILES string of the molecule is C#CCc1c(CC(=O)O)c[nH]c1-c1nc(-c2ccc(OC)cc2)c(-c2ccc(OC)cc2)s1. The molecule has 0 bridgehead atoms. The molecule has 4 aromatic rings. The number of aromatic amines is 1. The Labute approximate surface area is 195 Å². The summed E-state index contributed by atoms with van der Waals surface area (Å²) < 4.78 is 10.6. The van der Waals surface area contributed by atoms with Crippen molar-refractivity contribution < 1.29 is 19.4 Å². The molecule has 0 aliphatic carbocycles. The number of hydrogen-bond donors (Lipinski definition) is 2. The smallest absolute Gasteiger partial charge is 0.307 e. The minimum atomic E-state index is -0.907. The molecule has 2 N–H and O–H groups in total. The summed E-state index contributed by atoms with van der Waals surface area (Å²) in [4.78, 5) is 20.5. The van der Waals surface area contributed by atoms with Crippen molar-refractivity contribution in [3.63, 3.8) is 0 Å². The first-order valence-electron chi connectivity index (χ1n) is 10.2. The molecular formula is C26H22N2O4S. The van der Waals surface area contributed by atoms with Gasteiger partial charge in [0.1, 0.15) is 16.5 Å². The summed E-state index contributed by atoms with van der Waals surface area (Å²) in [6.45, 7) is 0. The number of rotatable bonds is 8. The lowest BCUT2D eigenvalue weighted by Crippen LogP contribution is -2.01. The number of H-pyrrole nitrogens is 1. The number of nitrogens with one attached hydrogen (secondary N) is 1. The molecule has 0 fully saturated rings. The molecule has 0 radical (unpaired) electrons. The molecule has 0 unspecified atom stereocenters. The van der Waals surface area contributed by atoms with E-state index in [4.69, 9.17) is 20.9 Å². The number of thiazole rings is 1. The monoisotopic (exact) mass is 458 g/mol. The average molecular weight is 459 g/mol. The van der Waals surface area contributed by atoms with Crippen LogP contribution >= 0.6 is 11.3 Å². The molecule has 0 atom stereocenters. The average Bonchev–Trinajstić information content (AvgIpc) is 3.44. The minimum Gasteiger partial charge on any atom is -0.497 e. The van der Waals surface area contributed by atoms with E-state index in [1.807, 2.05) is 48.5 Å². The summed E-state index contributed by atoms with van der Waals surface area (Å²) in [6, 6.07) is 15.6. The molecule has 6 nitrogen and oxygen atoms in total. The summed E-state index contributed by atoms with van der Waals surface area (Å²) in [6.07, 6.45) is 7.51. The maximum absolute atomic E-state index is 11.3. The molecule has 4 rings (SSSR count). The second-order valence-electron chi connectivity index (χ2n) is 7.27. The Hall–Kier alpha value is -4.02. The van der Waals surface area contributed by atoms with Gasteiger partial charge in [0.2, 0.25) is 0 Å². The van der Waals surface area contributed by atoms with Crippen LogP contribution in [0.15, 0.2) is 54.7 Å². The highest BCUT2D eigenvalue weighted by Crippen LogP contribution is 2.42. The number of carboxylic acids is 1. The van der Waals surface area contributed by atoms with Gasteiger partial charge in [-0.3, -0.25) is 4.79 Å². The molecule has 0 aliphatic rings. The lowest BCUT2D eigenvalue weighted by Gasteiger charge is -2.05. The topological polar surface area (TPSA) is 84.4 Å². The molecule has 0 spiro atoms. The van der Waals surface area contributed by atoms with Crippen LogP contribution in [-0.4, -0.2) is 35.3 Å². The molecule has 0 aliphatic heterocycles. The number of benzene rings is 2. The Balaban J connectivity index is 1.87. The third kappa shape index (κ3) is 4.61. The predicted octanol–water partition coefficient (Wildman–Crippen LogP) is 5.29. The van der Waals surface area contributed by atoms with Crippen molar-refractivity contribution in [3.05, 3.63) is 65.9 Å². The van der Waals surface area contributed by atoms with E-state index in [0.717, 1.165) is 49.5 Å². The van der Waals surface area contributed by atoms with Gasteiger partial charge in [-0.05, 0) is 65.2 Å². The van der Waals surface area contributed by atoms with Crippen LogP contribution in [0.1, 0.15) is 11.1 Å². The van der Waals surface area contributed by atoms with E-state index in [1.165, 1.54) is 11.3 Å². The largest absolute Gasteiger partial charge is 0.497 e. The highest BCUT2D eigenvalue weighted by molar-refractivity contribution is 7.19. The zero-order valence-electron chi connectivity index (χ0n) is 18.2. The highest BCUT2D eigenvalue weighted by Gasteiger charge is 2.21. The third-order valence-corrected chi connectivity index (χ3v) is 6.38. The molecule has 166 valence electrons. The van der Waals surface area contributed by atoms with Crippen LogP contribution in [0.2, 0.25) is 0 Å². The minimum absolute atomic E-state index is 0.102. The van der Waals surface area contributed by atoms with E-state index in [1.54, 1.807) is 20.4 Å². The van der Waals surface area contributed by atoms with Crippen molar-refractivity contribution in [2.24, 2.45) is 0 Å². The van der Waals surface area contributed by atoms with Gasteiger partial charge in [0, 0.05) is 18.2 Å². The molecule has 2 aromatic carbocycles. The molecule has 0 saturated heterocycles. The summed E-state index contributed by atoms with van der Waals surface area (Å²) in [5.41, 5.74) is 4.98. The first kappa shape index (κ1) is 22.2. The number of methoxy groups -OCH3 is 2. The van der Waals surface area contributed by atoms with Crippen LogP contribution in [0.4, 0.5) is 0 Å². The van der Waals surface area contributed by atoms with Gasteiger partial charge in [-0.1, -0.05) is 0 Å². The number of hydrogen-bond acceptors (Lipinski definition) is 5. The van der Waals surface area contributed by atoms with Crippen LogP contribution in [0, 0.1) is 12.3 Å². The van der Waals surface area contributed by atoms with Crippen LogP contribution in [-0.2, 0) is 17.6 Å². The number of aromatic nitrogens is 2. The molecule has 2 heterocycles. The fraction of sp³-hybridized carbons (Fsp3) is 0.154. The summed E-state index contributed by atoms with van der Waals surface area (Å²) in [5, 5.41) is 10.0. The quantitative estimate of drug-likeness (QED) is 0.351. The van der Waals surface area contributed by atoms with Gasteiger partial charge in [-0.25, -0.2) is 4.98 Å². The molecule has 2 aromatic heterocycles. The van der Waals surface area contributed by atoms with E-state index in [0.29, 0.717) is 12.0 Å². The van der Waals surface area contributed by atoms with Crippen molar-refractivity contribution in [2.45, 2.75) is 12.8 Å². The maximum atomic E-state index is 11.3. The number of ether oxygens (including phenoxy) is 2. The zero-order chi connectivity index (χ0) is 23.4. The number of terminal acetylenes is 1. The first-order chi connectivity index (χ1) is 16.0. The summed E-state index contributed by atoms with van der Waals surface area (Å²) >= 11 is 1.53. The van der Waals surface area contributed by atoms with Crippen molar-refractivity contribution in [1.29, 1.82) is 0 Å². The Bertz CT molecular complexity index is 1250. The summed E-state index contributed by atoms with van der Waals surface area (Å²) in [7, 11) is 3.27. The zero-order valence-corrected chi connectivity index (χ0v) is 19.0. The lowest BCUT2D eigenvalue weighted by atomic mass is 10.0. The molecule has 0 amide bonds. The number of carbonyl (C=O) groups is 1. The van der Waals surface area contributed by atoms with Crippen molar-refractivity contribution in [2.75, 3.05) is 14.2 Å². The fourth-order valence-electron chi connectivity index (χ4n) is 3.62. The Morgan fingerprint density at radius 3 is 2.21 bits per heavy atom. The van der Waals surface area contributed by atoms with E-state index >= 15 is 0 Å².